The Balaban J connectivity index is 2.15. The third-order valence-electron chi connectivity index (χ3n) is 3.52. The Labute approximate surface area is 147 Å². The maximum atomic E-state index is 12.5. The van der Waals surface area contributed by atoms with Crippen LogP contribution in [0.4, 0.5) is 0 Å². The fraction of sp³-hybridized carbons (Fsp3) is 0.250. The van der Waals surface area contributed by atoms with Gasteiger partial charge in [0.1, 0.15) is 0 Å². The number of carbonyl (C=O) groups excluding carboxylic acids is 2. The van der Waals surface area contributed by atoms with E-state index in [4.69, 9.17) is 10.00 Å². The maximum absolute atomic E-state index is 12.5. The summed E-state index contributed by atoms with van der Waals surface area (Å²) >= 11 is 0. The molecular weight excluding hydrogens is 316 g/mol. The molecule has 1 unspecified atom stereocenters. The summed E-state index contributed by atoms with van der Waals surface area (Å²) < 4.78 is 5.19. The van der Waals surface area contributed by atoms with E-state index >= 15 is 0 Å². The monoisotopic (exact) mass is 336 g/mol. The largest absolute Gasteiger partial charge is 0.463 e. The molecule has 5 nitrogen and oxygen atoms in total. The van der Waals surface area contributed by atoms with Crippen LogP contribution in [0.15, 0.2) is 54.6 Å². The second kappa shape index (κ2) is 8.65. The molecule has 0 heterocycles. The van der Waals surface area contributed by atoms with Crippen LogP contribution in [0.5, 0.6) is 0 Å². The summed E-state index contributed by atoms with van der Waals surface area (Å²) in [5, 5.41) is 11.7. The summed E-state index contributed by atoms with van der Waals surface area (Å²) in [6, 6.07) is 17.1. The molecule has 0 aliphatic rings. The summed E-state index contributed by atoms with van der Waals surface area (Å²) in [6.07, 6.45) is -0.164. The molecule has 0 spiro atoms. The number of benzene rings is 2. The SMILES string of the molecule is CC(C)OC(=O)CC(NC(=O)c1ccc(C#N)cc1)c1ccccc1. The first kappa shape index (κ1) is 18.2. The highest BCUT2D eigenvalue weighted by atomic mass is 16.5. The zero-order chi connectivity index (χ0) is 18.2. The Bertz CT molecular complexity index is 762. The zero-order valence-corrected chi connectivity index (χ0v) is 14.2. The van der Waals surface area contributed by atoms with Gasteiger partial charge in [-0.15, -0.1) is 0 Å². The number of nitriles is 1. The molecule has 0 saturated heterocycles. The van der Waals surface area contributed by atoms with Crippen molar-refractivity contribution in [3.8, 4) is 6.07 Å². The van der Waals surface area contributed by atoms with Crippen molar-refractivity contribution in [3.05, 3.63) is 71.3 Å². The lowest BCUT2D eigenvalue weighted by atomic mass is 10.0. The fourth-order valence-electron chi connectivity index (χ4n) is 2.35. The predicted molar refractivity (Wildman–Crippen MR) is 93.7 cm³/mol. The van der Waals surface area contributed by atoms with Gasteiger partial charge in [0, 0.05) is 5.56 Å². The molecule has 0 aromatic heterocycles. The van der Waals surface area contributed by atoms with Crippen LogP contribution in [0, 0.1) is 11.3 Å². The first-order chi connectivity index (χ1) is 12.0. The van der Waals surface area contributed by atoms with Gasteiger partial charge in [-0.25, -0.2) is 0 Å². The lowest BCUT2D eigenvalue weighted by Gasteiger charge is -2.19. The number of ether oxygens (including phenoxy) is 1. The molecular formula is C20H20N2O3. The molecule has 2 aromatic carbocycles. The maximum Gasteiger partial charge on any atom is 0.308 e. The van der Waals surface area contributed by atoms with E-state index in [2.05, 4.69) is 5.32 Å². The number of nitrogens with zero attached hydrogens (tertiary/aromatic N) is 1. The summed E-state index contributed by atoms with van der Waals surface area (Å²) in [5.41, 5.74) is 1.74. The fourth-order valence-corrected chi connectivity index (χ4v) is 2.35. The number of nitrogens with one attached hydrogen (secondary N) is 1. The Morgan fingerprint density at radius 1 is 1.08 bits per heavy atom. The van der Waals surface area contributed by atoms with Gasteiger partial charge in [0.2, 0.25) is 0 Å². The Hall–Kier alpha value is -3.13. The minimum Gasteiger partial charge on any atom is -0.463 e. The van der Waals surface area contributed by atoms with Crippen LogP contribution in [-0.2, 0) is 9.53 Å². The van der Waals surface area contributed by atoms with E-state index in [-0.39, 0.29) is 24.4 Å². The molecule has 1 atom stereocenters. The molecule has 2 rings (SSSR count). The first-order valence-corrected chi connectivity index (χ1v) is 8.05. The third kappa shape index (κ3) is 5.47. The molecule has 0 radical (unpaired) electrons. The molecule has 1 N–H and O–H groups in total. The average Bonchev–Trinajstić information content (AvgIpc) is 2.61. The lowest BCUT2D eigenvalue weighted by molar-refractivity contribution is -0.147. The van der Waals surface area contributed by atoms with Gasteiger partial charge in [-0.05, 0) is 43.7 Å². The third-order valence-corrected chi connectivity index (χ3v) is 3.52. The zero-order valence-electron chi connectivity index (χ0n) is 14.2. The highest BCUT2D eigenvalue weighted by Gasteiger charge is 2.20. The quantitative estimate of drug-likeness (QED) is 0.820. The second-order valence-corrected chi connectivity index (χ2v) is 5.87. The second-order valence-electron chi connectivity index (χ2n) is 5.87. The van der Waals surface area contributed by atoms with E-state index in [1.54, 1.807) is 38.1 Å². The summed E-state index contributed by atoms with van der Waals surface area (Å²) in [7, 11) is 0. The van der Waals surface area contributed by atoms with Gasteiger partial charge in [0.05, 0.1) is 30.2 Å². The Morgan fingerprint density at radius 2 is 1.72 bits per heavy atom. The number of rotatable bonds is 6. The van der Waals surface area contributed by atoms with Crippen molar-refractivity contribution in [2.75, 3.05) is 0 Å². The van der Waals surface area contributed by atoms with E-state index in [0.29, 0.717) is 11.1 Å². The van der Waals surface area contributed by atoms with Gasteiger partial charge < -0.3 is 10.1 Å². The van der Waals surface area contributed by atoms with E-state index in [1.165, 1.54) is 0 Å². The van der Waals surface area contributed by atoms with E-state index in [1.807, 2.05) is 36.4 Å². The normalized spacial score (nSPS) is 11.4. The lowest BCUT2D eigenvalue weighted by Crippen LogP contribution is -2.31. The molecule has 0 fully saturated rings. The van der Waals surface area contributed by atoms with Crippen LogP contribution < -0.4 is 5.32 Å². The van der Waals surface area contributed by atoms with Crippen LogP contribution in [0.2, 0.25) is 0 Å². The first-order valence-electron chi connectivity index (χ1n) is 8.05. The van der Waals surface area contributed by atoms with Crippen molar-refractivity contribution in [1.82, 2.24) is 5.32 Å². The Kier molecular flexibility index (Phi) is 6.30. The van der Waals surface area contributed by atoms with E-state index in [9.17, 15) is 9.59 Å². The van der Waals surface area contributed by atoms with Crippen molar-refractivity contribution >= 4 is 11.9 Å². The summed E-state index contributed by atoms with van der Waals surface area (Å²) in [4.78, 5) is 24.5. The van der Waals surface area contributed by atoms with Crippen LogP contribution in [0.1, 0.15) is 47.8 Å². The minimum atomic E-state index is -0.490. The van der Waals surface area contributed by atoms with Crippen molar-refractivity contribution in [3.63, 3.8) is 0 Å². The summed E-state index contributed by atoms with van der Waals surface area (Å²) in [6.45, 7) is 3.56. The molecule has 2 aromatic rings. The smallest absolute Gasteiger partial charge is 0.308 e. The predicted octanol–water partition coefficient (Wildman–Crippen LogP) is 3.37. The molecule has 0 bridgehead atoms. The van der Waals surface area contributed by atoms with Crippen LogP contribution in [0.25, 0.3) is 0 Å². The molecule has 1 amide bonds. The number of carbonyl (C=O) groups is 2. The van der Waals surface area contributed by atoms with Crippen molar-refractivity contribution < 1.29 is 14.3 Å². The van der Waals surface area contributed by atoms with Gasteiger partial charge in [0.15, 0.2) is 0 Å². The van der Waals surface area contributed by atoms with Crippen LogP contribution >= 0.6 is 0 Å². The standard InChI is InChI=1S/C20H20N2O3/c1-14(2)25-19(23)12-18(16-6-4-3-5-7-16)22-20(24)17-10-8-15(13-21)9-11-17/h3-11,14,18H,12H2,1-2H3,(H,22,24). The summed E-state index contributed by atoms with van der Waals surface area (Å²) in [5.74, 6) is -0.681. The molecule has 0 aliphatic carbocycles. The number of esters is 1. The highest BCUT2D eigenvalue weighted by Crippen LogP contribution is 2.18. The molecule has 0 aliphatic heterocycles. The van der Waals surface area contributed by atoms with E-state index < -0.39 is 6.04 Å². The van der Waals surface area contributed by atoms with Crippen LogP contribution in [-0.4, -0.2) is 18.0 Å². The number of hydrogen-bond donors (Lipinski definition) is 1. The van der Waals surface area contributed by atoms with Crippen molar-refractivity contribution in [2.45, 2.75) is 32.4 Å². The molecule has 25 heavy (non-hydrogen) atoms. The topological polar surface area (TPSA) is 79.2 Å². The van der Waals surface area contributed by atoms with Gasteiger partial charge in [0.25, 0.3) is 5.91 Å². The van der Waals surface area contributed by atoms with Crippen LogP contribution in [0.3, 0.4) is 0 Å². The highest BCUT2D eigenvalue weighted by molar-refractivity contribution is 5.94. The van der Waals surface area contributed by atoms with Gasteiger partial charge in [-0.3, -0.25) is 9.59 Å². The number of hydrogen-bond acceptors (Lipinski definition) is 4. The van der Waals surface area contributed by atoms with Crippen molar-refractivity contribution in [2.24, 2.45) is 0 Å². The van der Waals surface area contributed by atoms with Gasteiger partial charge in [-0.1, -0.05) is 30.3 Å². The minimum absolute atomic E-state index is 0.0458. The Morgan fingerprint density at radius 3 is 2.28 bits per heavy atom. The molecule has 128 valence electrons. The molecule has 0 saturated carbocycles. The average molecular weight is 336 g/mol. The van der Waals surface area contributed by atoms with Gasteiger partial charge in [-0.2, -0.15) is 5.26 Å². The van der Waals surface area contributed by atoms with Gasteiger partial charge >= 0.3 is 5.97 Å². The van der Waals surface area contributed by atoms with Crippen molar-refractivity contribution in [1.29, 1.82) is 5.26 Å². The number of amides is 1. The van der Waals surface area contributed by atoms with E-state index in [0.717, 1.165) is 5.56 Å². The molecule has 5 heteroatoms.